The van der Waals surface area contributed by atoms with Crippen LogP contribution in [0, 0.1) is 0 Å². The zero-order valence-electron chi connectivity index (χ0n) is 11.3. The summed E-state index contributed by atoms with van der Waals surface area (Å²) in [6, 6.07) is 7.17. The molecule has 0 radical (unpaired) electrons. The van der Waals surface area contributed by atoms with Crippen LogP contribution in [0.2, 0.25) is 0 Å². The van der Waals surface area contributed by atoms with Crippen LogP contribution in [-0.2, 0) is 9.31 Å². The highest BCUT2D eigenvalue weighted by molar-refractivity contribution is 6.52. The predicted octanol–water partition coefficient (Wildman–Crippen LogP) is 3.04. The van der Waals surface area contributed by atoms with Crippen molar-refractivity contribution in [3.63, 3.8) is 0 Å². The van der Waals surface area contributed by atoms with Gasteiger partial charge < -0.3 is 14.4 Å². The lowest BCUT2D eigenvalue weighted by Crippen LogP contribution is -2.41. The van der Waals surface area contributed by atoms with Gasteiger partial charge in [0.2, 0.25) is 0 Å². The molecular weight excluding hydrogens is 227 g/mol. The lowest BCUT2D eigenvalue weighted by Gasteiger charge is -2.32. The van der Waals surface area contributed by atoms with E-state index in [0.717, 1.165) is 5.56 Å². The molecule has 0 aliphatic carbocycles. The Morgan fingerprint density at radius 3 is 2.17 bits per heavy atom. The van der Waals surface area contributed by atoms with Gasteiger partial charge in [0.1, 0.15) is 5.75 Å². The molecule has 1 aliphatic heterocycles. The van der Waals surface area contributed by atoms with E-state index in [-0.39, 0.29) is 24.1 Å². The number of benzene rings is 1. The van der Waals surface area contributed by atoms with Crippen LogP contribution in [0.4, 0.5) is 0 Å². The second-order valence-electron chi connectivity index (χ2n) is 5.54. The van der Waals surface area contributed by atoms with Crippen LogP contribution >= 0.6 is 0 Å². The van der Waals surface area contributed by atoms with E-state index in [2.05, 4.69) is 0 Å². The monoisotopic (exact) mass is 246 g/mol. The van der Waals surface area contributed by atoms with Gasteiger partial charge in [0.05, 0.1) is 11.2 Å². The molecule has 18 heavy (non-hydrogen) atoms. The van der Waals surface area contributed by atoms with E-state index in [1.165, 1.54) is 0 Å². The van der Waals surface area contributed by atoms with Crippen LogP contribution in [0.3, 0.4) is 0 Å². The van der Waals surface area contributed by atoms with Crippen LogP contribution in [0.5, 0.6) is 5.75 Å². The van der Waals surface area contributed by atoms with Crippen molar-refractivity contribution in [1.82, 2.24) is 0 Å². The molecule has 1 aromatic rings. The predicted molar refractivity (Wildman–Crippen MR) is 73.2 cm³/mol. The van der Waals surface area contributed by atoms with Gasteiger partial charge in [-0.1, -0.05) is 30.3 Å². The van der Waals surface area contributed by atoms with Crippen molar-refractivity contribution < 1.29 is 14.4 Å². The minimum atomic E-state index is -0.380. The second-order valence-corrected chi connectivity index (χ2v) is 5.54. The van der Waals surface area contributed by atoms with Gasteiger partial charge >= 0.3 is 7.12 Å². The summed E-state index contributed by atoms with van der Waals surface area (Å²) in [6.45, 7) is 8.06. The van der Waals surface area contributed by atoms with E-state index in [9.17, 15) is 5.11 Å². The van der Waals surface area contributed by atoms with E-state index in [4.69, 9.17) is 9.31 Å². The highest BCUT2D eigenvalue weighted by atomic mass is 16.7. The topological polar surface area (TPSA) is 38.7 Å². The van der Waals surface area contributed by atoms with E-state index < -0.39 is 0 Å². The summed E-state index contributed by atoms with van der Waals surface area (Å²) in [4.78, 5) is 0. The van der Waals surface area contributed by atoms with Gasteiger partial charge in [-0.2, -0.15) is 0 Å². The normalized spacial score (nSPS) is 21.7. The summed E-state index contributed by atoms with van der Waals surface area (Å²) in [5, 5.41) is 9.66. The zero-order valence-corrected chi connectivity index (χ0v) is 11.3. The molecule has 1 heterocycles. The van der Waals surface area contributed by atoms with Gasteiger partial charge in [0.25, 0.3) is 0 Å². The molecule has 0 unspecified atom stereocenters. The average Bonchev–Trinajstić information content (AvgIpc) is 2.46. The summed E-state index contributed by atoms with van der Waals surface area (Å²) in [5.74, 6) is 2.08. The van der Waals surface area contributed by atoms with Crippen molar-refractivity contribution >= 4 is 13.2 Å². The molecule has 1 fully saturated rings. The maximum absolute atomic E-state index is 9.66. The summed E-state index contributed by atoms with van der Waals surface area (Å²) in [7, 11) is -0.380. The SMILES string of the molecule is CC1(C)OB(C=Cc2ccccc2O)OC1(C)C. The molecule has 2 rings (SSSR count). The lowest BCUT2D eigenvalue weighted by atomic mass is 9.89. The summed E-state index contributed by atoms with van der Waals surface area (Å²) < 4.78 is 11.7. The van der Waals surface area contributed by atoms with Crippen LogP contribution in [0.15, 0.2) is 30.2 Å². The van der Waals surface area contributed by atoms with Gasteiger partial charge in [-0.15, -0.1) is 0 Å². The third kappa shape index (κ3) is 2.45. The summed E-state index contributed by atoms with van der Waals surface area (Å²) in [5.41, 5.74) is 0.0915. The standard InChI is InChI=1S/C14H19BO3/c1-13(2)14(3,4)18-15(17-13)10-9-11-7-5-6-8-12(11)16/h5-10,16H,1-4H3. The molecule has 0 saturated carbocycles. The molecule has 0 aromatic heterocycles. The van der Waals surface area contributed by atoms with Gasteiger partial charge in [-0.05, 0) is 33.8 Å². The average molecular weight is 246 g/mol. The number of para-hydroxylation sites is 1. The molecule has 4 heteroatoms. The van der Waals surface area contributed by atoms with Gasteiger partial charge in [-0.25, -0.2) is 0 Å². The fourth-order valence-corrected chi connectivity index (χ4v) is 1.78. The van der Waals surface area contributed by atoms with Crippen molar-refractivity contribution in [2.75, 3.05) is 0 Å². The Kier molecular flexibility index (Phi) is 3.26. The third-order valence-electron chi connectivity index (χ3n) is 3.64. The van der Waals surface area contributed by atoms with Crippen molar-refractivity contribution in [3.8, 4) is 5.75 Å². The molecule has 0 bridgehead atoms. The van der Waals surface area contributed by atoms with Gasteiger partial charge in [0, 0.05) is 5.56 Å². The minimum absolute atomic E-state index is 0.255. The maximum Gasteiger partial charge on any atom is 0.487 e. The molecule has 1 aliphatic rings. The van der Waals surface area contributed by atoms with Crippen molar-refractivity contribution in [3.05, 3.63) is 35.8 Å². The smallest absolute Gasteiger partial charge is 0.487 e. The summed E-state index contributed by atoms with van der Waals surface area (Å²) in [6.07, 6.45) is 1.82. The first-order valence-corrected chi connectivity index (χ1v) is 6.14. The second kappa shape index (κ2) is 4.45. The lowest BCUT2D eigenvalue weighted by molar-refractivity contribution is 0.00578. The largest absolute Gasteiger partial charge is 0.507 e. The van der Waals surface area contributed by atoms with Crippen LogP contribution < -0.4 is 0 Å². The number of rotatable bonds is 2. The molecule has 3 nitrogen and oxygen atoms in total. The fraction of sp³-hybridized carbons (Fsp3) is 0.429. The molecule has 1 saturated heterocycles. The molecule has 1 aromatic carbocycles. The number of phenols is 1. The van der Waals surface area contributed by atoms with E-state index in [1.54, 1.807) is 12.1 Å². The van der Waals surface area contributed by atoms with Crippen molar-refractivity contribution in [1.29, 1.82) is 0 Å². The highest BCUT2D eigenvalue weighted by Crippen LogP contribution is 2.37. The fourth-order valence-electron chi connectivity index (χ4n) is 1.78. The first kappa shape index (κ1) is 13.2. The van der Waals surface area contributed by atoms with Gasteiger partial charge in [0.15, 0.2) is 0 Å². The summed E-state index contributed by atoms with van der Waals surface area (Å²) >= 11 is 0. The molecule has 0 amide bonds. The Hall–Kier alpha value is -1.26. The van der Waals surface area contributed by atoms with E-state index in [0.29, 0.717) is 0 Å². The Labute approximate surface area is 109 Å². The quantitative estimate of drug-likeness (QED) is 0.815. The van der Waals surface area contributed by atoms with E-state index >= 15 is 0 Å². The Morgan fingerprint density at radius 2 is 1.61 bits per heavy atom. The Balaban J connectivity index is 2.11. The maximum atomic E-state index is 9.66. The first-order valence-electron chi connectivity index (χ1n) is 6.14. The zero-order chi connectivity index (χ0) is 13.4. The van der Waals surface area contributed by atoms with Crippen LogP contribution in [0.1, 0.15) is 33.3 Å². The minimum Gasteiger partial charge on any atom is -0.507 e. The van der Waals surface area contributed by atoms with Crippen molar-refractivity contribution in [2.45, 2.75) is 38.9 Å². The van der Waals surface area contributed by atoms with Crippen LogP contribution in [0.25, 0.3) is 6.08 Å². The Morgan fingerprint density at radius 1 is 1.06 bits per heavy atom. The number of hydrogen-bond acceptors (Lipinski definition) is 3. The third-order valence-corrected chi connectivity index (χ3v) is 3.64. The van der Waals surface area contributed by atoms with E-state index in [1.807, 2.05) is 51.9 Å². The number of hydrogen-bond donors (Lipinski definition) is 1. The van der Waals surface area contributed by atoms with Crippen LogP contribution in [-0.4, -0.2) is 23.4 Å². The van der Waals surface area contributed by atoms with Gasteiger partial charge in [-0.3, -0.25) is 0 Å². The number of phenolic OH excluding ortho intramolecular Hbond substituents is 1. The molecule has 0 spiro atoms. The highest BCUT2D eigenvalue weighted by Gasteiger charge is 2.49. The first-order chi connectivity index (χ1) is 8.32. The molecule has 96 valence electrons. The Bertz CT molecular complexity index is 450. The number of aromatic hydroxyl groups is 1. The molecular formula is C14H19BO3. The van der Waals surface area contributed by atoms with Crippen molar-refractivity contribution in [2.24, 2.45) is 0 Å². The molecule has 0 atom stereocenters. The molecule has 1 N–H and O–H groups in total.